The summed E-state index contributed by atoms with van der Waals surface area (Å²) in [5, 5.41) is 3.88. The lowest BCUT2D eigenvalue weighted by molar-refractivity contribution is -0.137. The number of ether oxygens (including phenoxy) is 1. The molecule has 7 nitrogen and oxygen atoms in total. The first-order chi connectivity index (χ1) is 17.0. The Labute approximate surface area is 214 Å². The van der Waals surface area contributed by atoms with Crippen LogP contribution in [0.15, 0.2) is 81.2 Å². The summed E-state index contributed by atoms with van der Waals surface area (Å²) in [5.41, 5.74) is 2.56. The van der Waals surface area contributed by atoms with Crippen molar-refractivity contribution in [1.29, 1.82) is 0 Å². The minimum atomic E-state index is -4.59. The second kappa shape index (κ2) is 11.6. The molecule has 3 rings (SSSR count). The third-order valence-corrected chi connectivity index (χ3v) is 6.52. The highest BCUT2D eigenvalue weighted by molar-refractivity contribution is 9.10. The summed E-state index contributed by atoms with van der Waals surface area (Å²) >= 11 is 3.29. The maximum atomic E-state index is 12.8. The van der Waals surface area contributed by atoms with E-state index in [1.807, 2.05) is 0 Å². The highest BCUT2D eigenvalue weighted by atomic mass is 79.9. The van der Waals surface area contributed by atoms with Crippen molar-refractivity contribution < 1.29 is 35.3 Å². The Bertz CT molecular complexity index is 1360. The van der Waals surface area contributed by atoms with E-state index < -0.39 is 26.8 Å². The van der Waals surface area contributed by atoms with Gasteiger partial charge in [0.2, 0.25) is 5.91 Å². The molecule has 0 aliphatic heterocycles. The number of nitrogens with zero attached hydrogens (tertiary/aromatic N) is 1. The van der Waals surface area contributed by atoms with Crippen LogP contribution in [0.5, 0.6) is 11.5 Å². The molecule has 0 atom stereocenters. The maximum absolute atomic E-state index is 12.8. The van der Waals surface area contributed by atoms with Gasteiger partial charge in [-0.15, -0.1) is 0 Å². The van der Waals surface area contributed by atoms with Crippen LogP contribution in [0.4, 0.5) is 13.2 Å². The molecule has 0 unspecified atom stereocenters. The Balaban J connectivity index is 1.66. The zero-order valence-electron chi connectivity index (χ0n) is 18.8. The lowest BCUT2D eigenvalue weighted by Gasteiger charge is -2.12. The number of amides is 1. The van der Waals surface area contributed by atoms with E-state index in [1.165, 1.54) is 19.4 Å². The number of alkyl halides is 3. The highest BCUT2D eigenvalue weighted by Gasteiger charge is 2.31. The summed E-state index contributed by atoms with van der Waals surface area (Å²) in [5.74, 6) is 0.222. The fourth-order valence-corrected chi connectivity index (χ4v) is 4.41. The lowest BCUT2D eigenvalue weighted by atomic mass is 10.1. The van der Waals surface area contributed by atoms with Crippen molar-refractivity contribution in [3.63, 3.8) is 0 Å². The fourth-order valence-electron chi connectivity index (χ4n) is 3.03. The summed E-state index contributed by atoms with van der Waals surface area (Å²) in [7, 11) is -2.88. The molecule has 1 N–H and O–H groups in total. The molecule has 0 heterocycles. The van der Waals surface area contributed by atoms with Crippen LogP contribution >= 0.6 is 15.9 Å². The predicted molar refractivity (Wildman–Crippen MR) is 130 cm³/mol. The number of hydrazone groups is 1. The van der Waals surface area contributed by atoms with Gasteiger partial charge in [0.1, 0.15) is 16.4 Å². The van der Waals surface area contributed by atoms with E-state index in [2.05, 4.69) is 26.5 Å². The van der Waals surface area contributed by atoms with Crippen molar-refractivity contribution in [1.82, 2.24) is 5.43 Å². The maximum Gasteiger partial charge on any atom is 0.416 e. The standard InChI is InChI=1S/C24H20BrF3N2O5S/c1-34-20-4-2-3-16(13-20)14-23(31)30-29-12-11-17-15-19(25)7-10-22(17)35-36(32,33)21-8-5-18(6-9-21)24(26,27)28/h2-10,12-13,15H,11,14H2,1H3,(H,30,31)/b29-12+. The molecule has 0 saturated heterocycles. The lowest BCUT2D eigenvalue weighted by Crippen LogP contribution is -2.19. The number of carbonyl (C=O) groups is 1. The molecule has 0 saturated carbocycles. The average molecular weight is 585 g/mol. The summed E-state index contributed by atoms with van der Waals surface area (Å²) in [6, 6.07) is 14.6. The Hall–Kier alpha value is -3.38. The molecule has 0 aromatic heterocycles. The Morgan fingerprint density at radius 1 is 1.08 bits per heavy atom. The number of methoxy groups -OCH3 is 1. The van der Waals surface area contributed by atoms with Crippen molar-refractivity contribution >= 4 is 38.2 Å². The summed E-state index contributed by atoms with van der Waals surface area (Å²) in [4.78, 5) is 11.7. The SMILES string of the molecule is COc1cccc(CC(=O)N/N=C/Cc2cc(Br)ccc2OS(=O)(=O)c2ccc(C(F)(F)F)cc2)c1. The second-order valence-corrected chi connectivity index (χ2v) is 9.85. The minimum Gasteiger partial charge on any atom is -0.497 e. The van der Waals surface area contributed by atoms with Crippen molar-refractivity contribution in [3.05, 3.63) is 87.9 Å². The van der Waals surface area contributed by atoms with Gasteiger partial charge in [-0.25, -0.2) is 5.43 Å². The molecule has 3 aromatic carbocycles. The van der Waals surface area contributed by atoms with Crippen LogP contribution in [0.3, 0.4) is 0 Å². The van der Waals surface area contributed by atoms with Gasteiger partial charge < -0.3 is 8.92 Å². The van der Waals surface area contributed by atoms with Crippen LogP contribution in [0.1, 0.15) is 16.7 Å². The number of benzene rings is 3. The summed E-state index contributed by atoms with van der Waals surface area (Å²) in [6.45, 7) is 0. The van der Waals surface area contributed by atoms with Gasteiger partial charge >= 0.3 is 16.3 Å². The van der Waals surface area contributed by atoms with E-state index in [0.29, 0.717) is 27.9 Å². The Morgan fingerprint density at radius 3 is 2.47 bits per heavy atom. The van der Waals surface area contributed by atoms with Crippen LogP contribution < -0.4 is 14.3 Å². The average Bonchev–Trinajstić information content (AvgIpc) is 2.83. The quantitative estimate of drug-likeness (QED) is 0.214. The number of halogens is 4. The molecule has 3 aromatic rings. The summed E-state index contributed by atoms with van der Waals surface area (Å²) in [6.07, 6.45) is -3.06. The zero-order valence-corrected chi connectivity index (χ0v) is 21.2. The first-order valence-corrected chi connectivity index (χ1v) is 12.5. The molecule has 0 bridgehead atoms. The molecular formula is C24H20BrF3N2O5S. The Morgan fingerprint density at radius 2 is 1.81 bits per heavy atom. The van der Waals surface area contributed by atoms with Crippen molar-refractivity contribution in [2.75, 3.05) is 7.11 Å². The van der Waals surface area contributed by atoms with Gasteiger partial charge in [0.25, 0.3) is 0 Å². The van der Waals surface area contributed by atoms with E-state index in [9.17, 15) is 26.4 Å². The molecule has 190 valence electrons. The molecule has 0 aliphatic carbocycles. The molecule has 12 heteroatoms. The first-order valence-electron chi connectivity index (χ1n) is 10.3. The van der Waals surface area contributed by atoms with Gasteiger partial charge in [0.15, 0.2) is 0 Å². The third kappa shape index (κ3) is 7.56. The third-order valence-electron chi connectivity index (χ3n) is 4.78. The van der Waals surface area contributed by atoms with Crippen LogP contribution in [-0.4, -0.2) is 27.6 Å². The van der Waals surface area contributed by atoms with Gasteiger partial charge in [-0.2, -0.15) is 26.7 Å². The minimum absolute atomic E-state index is 0.0349. The fraction of sp³-hybridized carbons (Fsp3) is 0.167. The second-order valence-electron chi connectivity index (χ2n) is 7.39. The van der Waals surface area contributed by atoms with E-state index in [4.69, 9.17) is 8.92 Å². The van der Waals surface area contributed by atoms with Crippen LogP contribution in [0, 0.1) is 0 Å². The molecule has 0 spiro atoms. The largest absolute Gasteiger partial charge is 0.497 e. The normalized spacial score (nSPS) is 11.9. The zero-order chi connectivity index (χ0) is 26.3. The molecule has 0 radical (unpaired) electrons. The van der Waals surface area contributed by atoms with E-state index >= 15 is 0 Å². The summed E-state index contributed by atoms with van der Waals surface area (Å²) < 4.78 is 74.5. The van der Waals surface area contributed by atoms with E-state index in [-0.39, 0.29) is 24.5 Å². The first kappa shape index (κ1) is 27.2. The molecule has 0 fully saturated rings. The Kier molecular flexibility index (Phi) is 8.75. The van der Waals surface area contributed by atoms with Crippen molar-refractivity contribution in [3.8, 4) is 11.5 Å². The van der Waals surface area contributed by atoms with Crippen molar-refractivity contribution in [2.45, 2.75) is 23.9 Å². The number of rotatable bonds is 9. The number of nitrogens with one attached hydrogen (secondary N) is 1. The van der Waals surface area contributed by atoms with Crippen LogP contribution in [-0.2, 0) is 33.9 Å². The van der Waals surface area contributed by atoms with E-state index in [0.717, 1.165) is 17.7 Å². The van der Waals surface area contributed by atoms with Gasteiger partial charge in [-0.05, 0) is 60.2 Å². The smallest absolute Gasteiger partial charge is 0.416 e. The van der Waals surface area contributed by atoms with Gasteiger partial charge in [0, 0.05) is 22.7 Å². The van der Waals surface area contributed by atoms with Crippen LogP contribution in [0.2, 0.25) is 0 Å². The molecule has 0 aliphatic rings. The molecular weight excluding hydrogens is 565 g/mol. The monoisotopic (exact) mass is 584 g/mol. The topological polar surface area (TPSA) is 94.1 Å². The number of hydrogen-bond donors (Lipinski definition) is 1. The van der Waals surface area contributed by atoms with Gasteiger partial charge in [-0.3, -0.25) is 4.79 Å². The van der Waals surface area contributed by atoms with E-state index in [1.54, 1.807) is 36.4 Å². The van der Waals surface area contributed by atoms with Gasteiger partial charge in [0.05, 0.1) is 19.1 Å². The molecule has 36 heavy (non-hydrogen) atoms. The predicted octanol–water partition coefficient (Wildman–Crippen LogP) is 5.13. The highest BCUT2D eigenvalue weighted by Crippen LogP contribution is 2.31. The van der Waals surface area contributed by atoms with Crippen molar-refractivity contribution in [2.24, 2.45) is 5.10 Å². The number of carbonyl (C=O) groups excluding carboxylic acids is 1. The molecule has 1 amide bonds. The number of hydrogen-bond acceptors (Lipinski definition) is 6. The van der Waals surface area contributed by atoms with Crippen LogP contribution in [0.25, 0.3) is 0 Å². The van der Waals surface area contributed by atoms with Gasteiger partial charge in [-0.1, -0.05) is 28.1 Å².